The van der Waals surface area contributed by atoms with Crippen molar-refractivity contribution in [3.8, 4) is 5.69 Å². The first-order valence-electron chi connectivity index (χ1n) is 10.1. The molecule has 3 rings (SSSR count). The molecule has 0 aliphatic carbocycles. The van der Waals surface area contributed by atoms with Gasteiger partial charge in [-0.25, -0.2) is 9.67 Å². The lowest BCUT2D eigenvalue weighted by Crippen LogP contribution is -2.28. The highest BCUT2D eigenvalue weighted by molar-refractivity contribution is 6.30. The first-order chi connectivity index (χ1) is 15.7. The van der Waals surface area contributed by atoms with Crippen LogP contribution in [-0.2, 0) is 22.3 Å². The predicted octanol–water partition coefficient (Wildman–Crippen LogP) is 4.42. The molecule has 3 aromatic rings. The van der Waals surface area contributed by atoms with Crippen LogP contribution in [0.25, 0.3) is 5.69 Å². The third-order valence-electron chi connectivity index (χ3n) is 4.86. The van der Waals surface area contributed by atoms with Gasteiger partial charge in [-0.15, -0.1) is 0 Å². The van der Waals surface area contributed by atoms with E-state index < -0.39 is 17.8 Å². The number of rotatable bonds is 9. The first kappa shape index (κ1) is 24.5. The topological polar surface area (TPSA) is 81.1 Å². The van der Waals surface area contributed by atoms with E-state index in [0.29, 0.717) is 35.2 Å². The average molecular weight is 482 g/mol. The van der Waals surface area contributed by atoms with E-state index in [4.69, 9.17) is 16.3 Å². The molecule has 0 saturated heterocycles. The Morgan fingerprint density at radius 3 is 2.67 bits per heavy atom. The van der Waals surface area contributed by atoms with E-state index in [1.807, 2.05) is 0 Å². The summed E-state index contributed by atoms with van der Waals surface area (Å²) in [6.45, 7) is 2.67. The molecule has 1 atom stereocenters. The molecule has 1 aromatic carbocycles. The Labute approximate surface area is 193 Å². The molecule has 0 spiro atoms. The normalized spacial score (nSPS) is 12.4. The number of hydrogen-bond donors (Lipinski definition) is 2. The number of carbonyl (C=O) groups excluding carboxylic acids is 1. The highest BCUT2D eigenvalue weighted by atomic mass is 35.5. The summed E-state index contributed by atoms with van der Waals surface area (Å²) in [4.78, 5) is 16.9. The predicted molar refractivity (Wildman–Crippen MR) is 118 cm³/mol. The summed E-state index contributed by atoms with van der Waals surface area (Å²) >= 11 is 5.98. The number of anilines is 1. The van der Waals surface area contributed by atoms with Gasteiger partial charge in [-0.3, -0.25) is 4.79 Å². The van der Waals surface area contributed by atoms with Gasteiger partial charge in [-0.1, -0.05) is 23.7 Å². The summed E-state index contributed by atoms with van der Waals surface area (Å²) in [7, 11) is 1.60. The molecule has 2 N–H and O–H groups in total. The minimum absolute atomic E-state index is 0.150. The third kappa shape index (κ3) is 6.45. The van der Waals surface area contributed by atoms with Crippen molar-refractivity contribution in [2.24, 2.45) is 0 Å². The fourth-order valence-corrected chi connectivity index (χ4v) is 3.23. The summed E-state index contributed by atoms with van der Waals surface area (Å²) < 4.78 is 45.8. The summed E-state index contributed by atoms with van der Waals surface area (Å²) in [5, 5.41) is 9.79. The Balaban J connectivity index is 1.72. The zero-order valence-electron chi connectivity index (χ0n) is 18.0. The van der Waals surface area contributed by atoms with Crippen molar-refractivity contribution in [1.29, 1.82) is 0 Å². The van der Waals surface area contributed by atoms with Gasteiger partial charge in [-0.05, 0) is 42.8 Å². The van der Waals surface area contributed by atoms with Crippen molar-refractivity contribution in [1.82, 2.24) is 20.1 Å². The standard InChI is InChI=1S/C22H23ClF3N5O2/c1-14(15-6-7-20(28-12-15)27-8-9-33-2)21(32)29-13-18-11-19(22(24,25)26)30-31(18)17-5-3-4-16(23)10-17/h3-7,10-12,14H,8-9,13H2,1-2H3,(H,27,28)(H,29,32). The van der Waals surface area contributed by atoms with Crippen LogP contribution in [0.3, 0.4) is 0 Å². The van der Waals surface area contributed by atoms with Gasteiger partial charge < -0.3 is 15.4 Å². The van der Waals surface area contributed by atoms with Gasteiger partial charge in [0.05, 0.1) is 30.5 Å². The van der Waals surface area contributed by atoms with Gasteiger partial charge in [0.2, 0.25) is 5.91 Å². The summed E-state index contributed by atoms with van der Waals surface area (Å²) in [6, 6.07) is 10.7. The van der Waals surface area contributed by atoms with Crippen LogP contribution in [0.1, 0.15) is 29.8 Å². The number of amides is 1. The number of nitrogens with zero attached hydrogens (tertiary/aromatic N) is 3. The second-order valence-electron chi connectivity index (χ2n) is 7.25. The van der Waals surface area contributed by atoms with Crippen LogP contribution in [0.5, 0.6) is 0 Å². The number of methoxy groups -OCH3 is 1. The average Bonchev–Trinajstić information content (AvgIpc) is 3.22. The maximum absolute atomic E-state index is 13.2. The van der Waals surface area contributed by atoms with Crippen molar-refractivity contribution in [2.45, 2.75) is 25.6 Å². The molecule has 176 valence electrons. The lowest BCUT2D eigenvalue weighted by atomic mass is 10.0. The Hall–Kier alpha value is -3.11. The maximum Gasteiger partial charge on any atom is 0.435 e. The number of aromatic nitrogens is 3. The molecule has 2 heterocycles. The molecule has 0 bridgehead atoms. The quantitative estimate of drug-likeness (QED) is 0.442. The third-order valence-corrected chi connectivity index (χ3v) is 5.10. The highest BCUT2D eigenvalue weighted by Crippen LogP contribution is 2.30. The van der Waals surface area contributed by atoms with Gasteiger partial charge in [-0.2, -0.15) is 18.3 Å². The van der Waals surface area contributed by atoms with Crippen molar-refractivity contribution in [2.75, 3.05) is 25.6 Å². The number of carbonyl (C=O) groups is 1. The lowest BCUT2D eigenvalue weighted by Gasteiger charge is -2.14. The van der Waals surface area contributed by atoms with Crippen LogP contribution in [0.2, 0.25) is 5.02 Å². The summed E-state index contributed by atoms with van der Waals surface area (Å²) in [5.74, 6) is -0.270. The van der Waals surface area contributed by atoms with Crippen LogP contribution < -0.4 is 10.6 Å². The molecule has 7 nitrogen and oxygen atoms in total. The lowest BCUT2D eigenvalue weighted by molar-refractivity contribution is -0.141. The van der Waals surface area contributed by atoms with Crippen LogP contribution in [0, 0.1) is 0 Å². The molecule has 0 radical (unpaired) electrons. The molecule has 0 aliphatic heterocycles. The van der Waals surface area contributed by atoms with Crippen molar-refractivity contribution in [3.05, 3.63) is 70.6 Å². The zero-order valence-corrected chi connectivity index (χ0v) is 18.7. The van der Waals surface area contributed by atoms with Crippen molar-refractivity contribution in [3.63, 3.8) is 0 Å². The second-order valence-corrected chi connectivity index (χ2v) is 7.68. The molecule has 1 amide bonds. The molecule has 0 saturated carbocycles. The summed E-state index contributed by atoms with van der Waals surface area (Å²) in [5.41, 5.74) is 0.140. The number of hydrogen-bond acceptors (Lipinski definition) is 5. The van der Waals surface area contributed by atoms with Gasteiger partial charge in [0.25, 0.3) is 0 Å². The van der Waals surface area contributed by atoms with E-state index in [0.717, 1.165) is 10.7 Å². The molecule has 33 heavy (non-hydrogen) atoms. The highest BCUT2D eigenvalue weighted by Gasteiger charge is 2.35. The number of benzene rings is 1. The number of pyridine rings is 1. The summed E-state index contributed by atoms with van der Waals surface area (Å²) in [6.07, 6.45) is -3.04. The molecule has 1 unspecified atom stereocenters. The molecule has 0 aliphatic rings. The fraction of sp³-hybridized carbons (Fsp3) is 0.318. The maximum atomic E-state index is 13.2. The molecular formula is C22H23ClF3N5O2. The first-order valence-corrected chi connectivity index (χ1v) is 10.5. The minimum Gasteiger partial charge on any atom is -0.383 e. The number of nitrogens with one attached hydrogen (secondary N) is 2. The molecule has 2 aromatic heterocycles. The van der Waals surface area contributed by atoms with Crippen LogP contribution in [0.15, 0.2) is 48.7 Å². The zero-order chi connectivity index (χ0) is 24.0. The van der Waals surface area contributed by atoms with Gasteiger partial charge >= 0.3 is 6.18 Å². The van der Waals surface area contributed by atoms with E-state index >= 15 is 0 Å². The largest absolute Gasteiger partial charge is 0.435 e. The van der Waals surface area contributed by atoms with E-state index in [2.05, 4.69) is 20.7 Å². The Morgan fingerprint density at radius 1 is 1.24 bits per heavy atom. The Bertz CT molecular complexity index is 1090. The Morgan fingerprint density at radius 2 is 2.03 bits per heavy atom. The van der Waals surface area contributed by atoms with Gasteiger partial charge in [0.15, 0.2) is 5.69 Å². The number of alkyl halides is 3. The van der Waals surface area contributed by atoms with Crippen LogP contribution >= 0.6 is 11.6 Å². The fourth-order valence-electron chi connectivity index (χ4n) is 3.04. The van der Waals surface area contributed by atoms with Crippen molar-refractivity contribution < 1.29 is 22.7 Å². The molecule has 11 heteroatoms. The minimum atomic E-state index is -4.62. The van der Waals surface area contributed by atoms with Gasteiger partial charge in [0, 0.05) is 24.9 Å². The molecular weight excluding hydrogens is 459 g/mol. The number of ether oxygens (including phenoxy) is 1. The van der Waals surface area contributed by atoms with Crippen LogP contribution in [-0.4, -0.2) is 40.9 Å². The van der Waals surface area contributed by atoms with Crippen molar-refractivity contribution >= 4 is 23.3 Å². The second kappa shape index (κ2) is 10.7. The Kier molecular flexibility index (Phi) is 7.93. The van der Waals surface area contributed by atoms with E-state index in [1.54, 1.807) is 50.6 Å². The smallest absolute Gasteiger partial charge is 0.383 e. The van der Waals surface area contributed by atoms with Crippen LogP contribution in [0.4, 0.5) is 19.0 Å². The monoisotopic (exact) mass is 481 g/mol. The molecule has 0 fully saturated rings. The van der Waals surface area contributed by atoms with E-state index in [-0.39, 0.29) is 18.1 Å². The SMILES string of the molecule is COCCNc1ccc(C(C)C(=O)NCc2cc(C(F)(F)F)nn2-c2cccc(Cl)c2)cn1. The van der Waals surface area contributed by atoms with Gasteiger partial charge in [0.1, 0.15) is 5.82 Å². The van der Waals surface area contributed by atoms with E-state index in [9.17, 15) is 18.0 Å². The number of halogens is 4. The van der Waals surface area contributed by atoms with E-state index in [1.165, 1.54) is 6.07 Å².